The number of carbonyl (C=O) groups is 1. The Morgan fingerprint density at radius 1 is 1.50 bits per heavy atom. The second kappa shape index (κ2) is 7.51. The molecule has 5 nitrogen and oxygen atoms in total. The van der Waals surface area contributed by atoms with Gasteiger partial charge in [0.25, 0.3) is 0 Å². The van der Waals surface area contributed by atoms with Gasteiger partial charge >= 0.3 is 6.09 Å². The Hall–Kier alpha value is -1.01. The van der Waals surface area contributed by atoms with Crippen molar-refractivity contribution in [2.45, 2.75) is 56.7 Å². The number of aromatic nitrogens is 2. The lowest BCUT2D eigenvalue weighted by molar-refractivity contribution is 0.0126. The van der Waals surface area contributed by atoms with E-state index in [0.717, 1.165) is 36.6 Å². The molecule has 2 rings (SSSR count). The third-order valence-electron chi connectivity index (χ3n) is 3.28. The minimum Gasteiger partial charge on any atom is -0.444 e. The number of thioether (sulfide) groups is 1. The second-order valence-corrected chi connectivity index (χ2v) is 7.68. The van der Waals surface area contributed by atoms with Crippen LogP contribution in [-0.2, 0) is 4.74 Å². The first kappa shape index (κ1) is 17.3. The molecule has 122 valence electrons. The summed E-state index contributed by atoms with van der Waals surface area (Å²) in [5, 5.41) is 1.08. The van der Waals surface area contributed by atoms with Gasteiger partial charge in [-0.3, -0.25) is 0 Å². The Balaban J connectivity index is 1.96. The van der Waals surface area contributed by atoms with Crippen LogP contribution in [0.15, 0.2) is 17.3 Å². The van der Waals surface area contributed by atoms with E-state index in [1.807, 2.05) is 31.7 Å². The molecule has 1 atom stereocenters. The number of hydrogen-bond acceptors (Lipinski definition) is 5. The van der Waals surface area contributed by atoms with E-state index in [0.29, 0.717) is 0 Å². The van der Waals surface area contributed by atoms with Gasteiger partial charge in [0.2, 0.25) is 5.28 Å². The number of hydrogen-bond donors (Lipinski definition) is 0. The van der Waals surface area contributed by atoms with Crippen molar-refractivity contribution in [3.8, 4) is 0 Å². The van der Waals surface area contributed by atoms with Crippen molar-refractivity contribution < 1.29 is 9.53 Å². The second-order valence-electron chi connectivity index (χ2n) is 6.30. The minimum absolute atomic E-state index is 0.169. The molecule has 0 bridgehead atoms. The standard InChI is InChI=1S/C15H22ClN3O2S/c1-15(2,3)21-14(20)19-9-5-4-6-11(19)10-22-12-7-8-17-13(16)18-12/h7-8,11H,4-6,9-10H2,1-3H3/t11-/m0/s1. The number of likely N-dealkylation sites (tertiary alicyclic amines) is 1. The molecule has 0 aliphatic carbocycles. The van der Waals surface area contributed by atoms with Crippen LogP contribution in [-0.4, -0.2) is 44.9 Å². The van der Waals surface area contributed by atoms with Gasteiger partial charge in [0.1, 0.15) is 10.6 Å². The van der Waals surface area contributed by atoms with Crippen molar-refractivity contribution in [3.05, 3.63) is 17.5 Å². The van der Waals surface area contributed by atoms with Gasteiger partial charge in [0.15, 0.2) is 0 Å². The van der Waals surface area contributed by atoms with E-state index in [1.54, 1.807) is 18.0 Å². The number of amides is 1. The van der Waals surface area contributed by atoms with Gasteiger partial charge in [-0.05, 0) is 57.7 Å². The Morgan fingerprint density at radius 2 is 2.27 bits per heavy atom. The summed E-state index contributed by atoms with van der Waals surface area (Å²) in [7, 11) is 0. The van der Waals surface area contributed by atoms with Crippen LogP contribution >= 0.6 is 23.4 Å². The summed E-state index contributed by atoms with van der Waals surface area (Å²) in [6.07, 6.45) is 4.57. The maximum absolute atomic E-state index is 12.3. The topological polar surface area (TPSA) is 55.3 Å². The zero-order valence-electron chi connectivity index (χ0n) is 13.2. The zero-order chi connectivity index (χ0) is 16.2. The van der Waals surface area contributed by atoms with E-state index < -0.39 is 5.60 Å². The molecule has 1 fully saturated rings. The van der Waals surface area contributed by atoms with Crippen LogP contribution in [0.25, 0.3) is 0 Å². The molecule has 0 radical (unpaired) electrons. The summed E-state index contributed by atoms with van der Waals surface area (Å²) in [5.74, 6) is 0.784. The molecule has 7 heteroatoms. The van der Waals surface area contributed by atoms with Gasteiger partial charge in [0.05, 0.1) is 0 Å². The Labute approximate surface area is 140 Å². The largest absolute Gasteiger partial charge is 0.444 e. The number of piperidine rings is 1. The number of nitrogens with zero attached hydrogens (tertiary/aromatic N) is 3. The monoisotopic (exact) mass is 343 g/mol. The highest BCUT2D eigenvalue weighted by Gasteiger charge is 2.30. The van der Waals surface area contributed by atoms with Crippen LogP contribution in [0.2, 0.25) is 5.28 Å². The van der Waals surface area contributed by atoms with Crippen molar-refractivity contribution >= 4 is 29.5 Å². The SMILES string of the molecule is CC(C)(C)OC(=O)N1CCCC[C@H]1CSc1ccnc(Cl)n1. The van der Waals surface area contributed by atoms with Crippen molar-refractivity contribution in [2.24, 2.45) is 0 Å². The average molecular weight is 344 g/mol. The fourth-order valence-corrected chi connectivity index (χ4v) is 3.53. The van der Waals surface area contributed by atoms with Crippen LogP contribution < -0.4 is 0 Å². The maximum atomic E-state index is 12.3. The third-order valence-corrected chi connectivity index (χ3v) is 4.54. The highest BCUT2D eigenvalue weighted by Crippen LogP contribution is 2.26. The lowest BCUT2D eigenvalue weighted by Gasteiger charge is -2.36. The predicted molar refractivity (Wildman–Crippen MR) is 88.3 cm³/mol. The lowest BCUT2D eigenvalue weighted by atomic mass is 10.0. The molecule has 1 aromatic rings. The van der Waals surface area contributed by atoms with E-state index in [2.05, 4.69) is 9.97 Å². The molecule has 1 aliphatic heterocycles. The molecular weight excluding hydrogens is 322 g/mol. The van der Waals surface area contributed by atoms with Gasteiger partial charge in [-0.25, -0.2) is 14.8 Å². The summed E-state index contributed by atoms with van der Waals surface area (Å²) >= 11 is 7.39. The molecule has 0 aromatic carbocycles. The fourth-order valence-electron chi connectivity index (χ4n) is 2.32. The van der Waals surface area contributed by atoms with E-state index >= 15 is 0 Å². The van der Waals surface area contributed by atoms with Crippen LogP contribution in [0.1, 0.15) is 40.0 Å². The molecule has 0 spiro atoms. The van der Waals surface area contributed by atoms with Crippen LogP contribution in [0.3, 0.4) is 0 Å². The molecule has 2 heterocycles. The zero-order valence-corrected chi connectivity index (χ0v) is 14.8. The van der Waals surface area contributed by atoms with Crippen molar-refractivity contribution in [1.29, 1.82) is 0 Å². The summed E-state index contributed by atoms with van der Waals surface area (Å²) < 4.78 is 5.51. The predicted octanol–water partition coefficient (Wildman–Crippen LogP) is 4.01. The van der Waals surface area contributed by atoms with E-state index in [-0.39, 0.29) is 17.4 Å². The van der Waals surface area contributed by atoms with Gasteiger partial charge in [-0.1, -0.05) is 0 Å². The smallest absolute Gasteiger partial charge is 0.410 e. The van der Waals surface area contributed by atoms with E-state index in [4.69, 9.17) is 16.3 Å². The van der Waals surface area contributed by atoms with Gasteiger partial charge in [-0.15, -0.1) is 11.8 Å². The first-order valence-electron chi connectivity index (χ1n) is 7.46. The quantitative estimate of drug-likeness (QED) is 0.471. The number of rotatable bonds is 3. The summed E-state index contributed by atoms with van der Waals surface area (Å²) in [6.45, 7) is 6.43. The molecule has 0 saturated carbocycles. The Morgan fingerprint density at radius 3 is 2.95 bits per heavy atom. The highest BCUT2D eigenvalue weighted by molar-refractivity contribution is 7.99. The van der Waals surface area contributed by atoms with Crippen molar-refractivity contribution in [2.75, 3.05) is 12.3 Å². The van der Waals surface area contributed by atoms with Crippen LogP contribution in [0.4, 0.5) is 4.79 Å². The number of ether oxygens (including phenoxy) is 1. The summed E-state index contributed by atoms with van der Waals surface area (Å²) in [6, 6.07) is 2.00. The first-order chi connectivity index (χ1) is 10.3. The third kappa shape index (κ3) is 5.32. The van der Waals surface area contributed by atoms with Crippen LogP contribution in [0, 0.1) is 0 Å². The molecule has 1 aliphatic rings. The summed E-state index contributed by atoms with van der Waals surface area (Å²) in [4.78, 5) is 22.2. The average Bonchev–Trinajstić information content (AvgIpc) is 2.44. The van der Waals surface area contributed by atoms with Crippen molar-refractivity contribution in [3.63, 3.8) is 0 Å². The summed E-state index contributed by atoms with van der Waals surface area (Å²) in [5.41, 5.74) is -0.466. The highest BCUT2D eigenvalue weighted by atomic mass is 35.5. The van der Waals surface area contributed by atoms with Crippen LogP contribution in [0.5, 0.6) is 0 Å². The van der Waals surface area contributed by atoms with E-state index in [9.17, 15) is 4.79 Å². The minimum atomic E-state index is -0.466. The molecule has 22 heavy (non-hydrogen) atoms. The van der Waals surface area contributed by atoms with Gasteiger partial charge in [-0.2, -0.15) is 0 Å². The number of carbonyl (C=O) groups excluding carboxylic acids is 1. The molecule has 1 amide bonds. The lowest BCUT2D eigenvalue weighted by Crippen LogP contribution is -2.47. The van der Waals surface area contributed by atoms with E-state index in [1.165, 1.54) is 0 Å². The molecule has 0 unspecified atom stereocenters. The molecule has 1 aromatic heterocycles. The Bertz CT molecular complexity index is 522. The van der Waals surface area contributed by atoms with Gasteiger partial charge < -0.3 is 9.64 Å². The maximum Gasteiger partial charge on any atom is 0.410 e. The number of halogens is 1. The molecule has 1 saturated heterocycles. The molecule has 0 N–H and O–H groups in total. The Kier molecular flexibility index (Phi) is 5.92. The first-order valence-corrected chi connectivity index (χ1v) is 8.82. The molecular formula is C15H22ClN3O2S. The normalized spacial score (nSPS) is 19.1. The van der Waals surface area contributed by atoms with Gasteiger partial charge in [0, 0.05) is 24.5 Å². The fraction of sp³-hybridized carbons (Fsp3) is 0.667. The van der Waals surface area contributed by atoms with Crippen molar-refractivity contribution in [1.82, 2.24) is 14.9 Å².